The van der Waals surface area contributed by atoms with Crippen molar-refractivity contribution < 1.29 is 23.9 Å². The molecule has 0 radical (unpaired) electrons. The van der Waals surface area contributed by atoms with Crippen LogP contribution in [0.5, 0.6) is 0 Å². The summed E-state index contributed by atoms with van der Waals surface area (Å²) in [4.78, 5) is 49.7. The van der Waals surface area contributed by atoms with E-state index in [0.29, 0.717) is 5.69 Å². The van der Waals surface area contributed by atoms with Crippen LogP contribution in [0.3, 0.4) is 0 Å². The topological polar surface area (TPSA) is 92.8 Å². The zero-order valence-electron chi connectivity index (χ0n) is 14.0. The number of carbonyl (C=O) groups is 4. The van der Waals surface area contributed by atoms with Crippen LogP contribution in [0.15, 0.2) is 42.5 Å². The first kappa shape index (κ1) is 16.5. The van der Waals surface area contributed by atoms with E-state index in [-0.39, 0.29) is 35.5 Å². The number of hydrogen-bond donors (Lipinski definition) is 1. The largest absolute Gasteiger partial charge is 0.454 e. The number of benzene rings is 1. The Bertz CT molecular complexity index is 773. The van der Waals surface area contributed by atoms with Crippen molar-refractivity contribution in [3.8, 4) is 0 Å². The molecule has 1 aromatic carbocycles. The maximum Gasteiger partial charge on any atom is 0.326 e. The molecule has 1 aromatic rings. The molecule has 0 aromatic heterocycles. The van der Waals surface area contributed by atoms with E-state index in [2.05, 4.69) is 5.32 Å². The highest BCUT2D eigenvalue weighted by Crippen LogP contribution is 2.52. The number of para-hydroxylation sites is 1. The van der Waals surface area contributed by atoms with Crippen LogP contribution in [0, 0.1) is 23.7 Å². The van der Waals surface area contributed by atoms with Crippen molar-refractivity contribution in [2.75, 3.05) is 18.5 Å². The fourth-order valence-electron chi connectivity index (χ4n) is 4.16. The van der Waals surface area contributed by atoms with E-state index in [9.17, 15) is 19.2 Å². The molecule has 2 bridgehead atoms. The average Bonchev–Trinajstić information content (AvgIpc) is 3.31. The van der Waals surface area contributed by atoms with Crippen molar-refractivity contribution in [3.63, 3.8) is 0 Å². The van der Waals surface area contributed by atoms with Gasteiger partial charge in [-0.15, -0.1) is 0 Å². The third kappa shape index (κ3) is 2.79. The van der Waals surface area contributed by atoms with Gasteiger partial charge in [0, 0.05) is 5.69 Å². The highest BCUT2D eigenvalue weighted by Gasteiger charge is 2.59. The van der Waals surface area contributed by atoms with Crippen LogP contribution in [-0.4, -0.2) is 41.7 Å². The molecule has 3 aliphatic rings. The zero-order chi connectivity index (χ0) is 18.3. The van der Waals surface area contributed by atoms with Gasteiger partial charge in [0.15, 0.2) is 6.61 Å². The molecule has 134 valence electrons. The summed E-state index contributed by atoms with van der Waals surface area (Å²) in [6.07, 6.45) is 4.82. The minimum Gasteiger partial charge on any atom is -0.454 e. The van der Waals surface area contributed by atoms with Gasteiger partial charge in [0.1, 0.15) is 6.54 Å². The lowest BCUT2D eigenvalue weighted by Crippen LogP contribution is -2.38. The first-order valence-electron chi connectivity index (χ1n) is 8.58. The van der Waals surface area contributed by atoms with Crippen LogP contribution >= 0.6 is 0 Å². The standard InChI is InChI=1S/C19H18N2O5/c22-14(20-13-4-2-1-3-5-13)10-26-15(23)9-21-18(24)16-11-6-7-12(8-11)17(16)19(21)25/h1-7,11-12,16-17H,8-10H2,(H,20,22)/t11-,12-,16-,17-/m0/s1. The van der Waals surface area contributed by atoms with E-state index in [1.165, 1.54) is 0 Å². The Kier molecular flexibility index (Phi) is 4.06. The number of fused-ring (bicyclic) bond motifs is 5. The van der Waals surface area contributed by atoms with E-state index in [0.717, 1.165) is 11.3 Å². The van der Waals surface area contributed by atoms with E-state index in [1.54, 1.807) is 24.3 Å². The lowest BCUT2D eigenvalue weighted by molar-refractivity contribution is -0.154. The molecule has 1 saturated carbocycles. The van der Waals surface area contributed by atoms with E-state index in [4.69, 9.17) is 4.74 Å². The Hall–Kier alpha value is -2.96. The smallest absolute Gasteiger partial charge is 0.326 e. The highest BCUT2D eigenvalue weighted by molar-refractivity contribution is 6.08. The van der Waals surface area contributed by atoms with Crippen molar-refractivity contribution in [2.45, 2.75) is 6.42 Å². The highest BCUT2D eigenvalue weighted by atomic mass is 16.5. The van der Waals surface area contributed by atoms with Gasteiger partial charge >= 0.3 is 5.97 Å². The van der Waals surface area contributed by atoms with Gasteiger partial charge in [-0.2, -0.15) is 0 Å². The normalized spacial score (nSPS) is 28.4. The third-order valence-electron chi connectivity index (χ3n) is 5.27. The number of allylic oxidation sites excluding steroid dienone is 2. The van der Waals surface area contributed by atoms with Gasteiger partial charge in [-0.3, -0.25) is 24.1 Å². The number of ether oxygens (including phenoxy) is 1. The van der Waals surface area contributed by atoms with Gasteiger partial charge in [0.05, 0.1) is 11.8 Å². The van der Waals surface area contributed by atoms with Gasteiger partial charge in [-0.25, -0.2) is 0 Å². The Morgan fingerprint density at radius 3 is 2.27 bits per heavy atom. The van der Waals surface area contributed by atoms with Crippen LogP contribution in [0.2, 0.25) is 0 Å². The molecule has 0 unspecified atom stereocenters. The number of nitrogens with one attached hydrogen (secondary N) is 1. The van der Waals surface area contributed by atoms with Gasteiger partial charge in [-0.05, 0) is 30.4 Å². The van der Waals surface area contributed by atoms with Crippen LogP contribution in [-0.2, 0) is 23.9 Å². The van der Waals surface area contributed by atoms with E-state index < -0.39 is 25.0 Å². The molecule has 1 heterocycles. The van der Waals surface area contributed by atoms with Crippen LogP contribution in [0.4, 0.5) is 5.69 Å². The zero-order valence-corrected chi connectivity index (χ0v) is 14.0. The second-order valence-electron chi connectivity index (χ2n) is 6.84. The Balaban J connectivity index is 1.29. The number of hydrogen-bond acceptors (Lipinski definition) is 5. The second-order valence-corrected chi connectivity index (χ2v) is 6.84. The maximum absolute atomic E-state index is 12.5. The number of amides is 3. The van der Waals surface area contributed by atoms with E-state index in [1.807, 2.05) is 18.2 Å². The van der Waals surface area contributed by atoms with Gasteiger partial charge in [0.2, 0.25) is 11.8 Å². The molecule has 7 nitrogen and oxygen atoms in total. The summed E-state index contributed by atoms with van der Waals surface area (Å²) in [5.74, 6) is -2.35. The predicted octanol–water partition coefficient (Wildman–Crippen LogP) is 0.975. The predicted molar refractivity (Wildman–Crippen MR) is 90.5 cm³/mol. The molecule has 4 rings (SSSR count). The number of imide groups is 1. The third-order valence-corrected chi connectivity index (χ3v) is 5.27. The van der Waals surface area contributed by atoms with Crippen molar-refractivity contribution in [1.82, 2.24) is 4.90 Å². The molecule has 2 fully saturated rings. The minimum absolute atomic E-state index is 0.0964. The Labute approximate surface area is 150 Å². The van der Waals surface area contributed by atoms with Crippen molar-refractivity contribution in [1.29, 1.82) is 0 Å². The molecular formula is C19H18N2O5. The maximum atomic E-state index is 12.5. The molecule has 3 amide bonds. The summed E-state index contributed by atoms with van der Waals surface area (Å²) in [5, 5.41) is 2.59. The summed E-state index contributed by atoms with van der Waals surface area (Å²) in [7, 11) is 0. The number of anilines is 1. The van der Waals surface area contributed by atoms with E-state index >= 15 is 0 Å². The Morgan fingerprint density at radius 1 is 1.04 bits per heavy atom. The number of nitrogens with zero attached hydrogens (tertiary/aromatic N) is 1. The van der Waals surface area contributed by atoms with Crippen LogP contribution in [0.25, 0.3) is 0 Å². The van der Waals surface area contributed by atoms with Crippen molar-refractivity contribution >= 4 is 29.4 Å². The molecule has 7 heteroatoms. The molecule has 1 aliphatic heterocycles. The summed E-state index contributed by atoms with van der Waals surface area (Å²) < 4.78 is 4.91. The first-order chi connectivity index (χ1) is 12.5. The number of likely N-dealkylation sites (tertiary alicyclic amines) is 1. The fraction of sp³-hybridized carbons (Fsp3) is 0.368. The fourth-order valence-corrected chi connectivity index (χ4v) is 4.16. The van der Waals surface area contributed by atoms with Gasteiger partial charge in [0.25, 0.3) is 5.91 Å². The lowest BCUT2D eigenvalue weighted by Gasteiger charge is -2.16. The number of carbonyl (C=O) groups excluding carboxylic acids is 4. The first-order valence-corrected chi connectivity index (χ1v) is 8.58. The van der Waals surface area contributed by atoms with Crippen molar-refractivity contribution in [3.05, 3.63) is 42.5 Å². The molecule has 0 spiro atoms. The van der Waals surface area contributed by atoms with Crippen LogP contribution in [0.1, 0.15) is 6.42 Å². The molecular weight excluding hydrogens is 336 g/mol. The Morgan fingerprint density at radius 2 is 1.65 bits per heavy atom. The van der Waals surface area contributed by atoms with Crippen molar-refractivity contribution in [2.24, 2.45) is 23.7 Å². The van der Waals surface area contributed by atoms with Gasteiger partial charge in [-0.1, -0.05) is 30.4 Å². The monoisotopic (exact) mass is 354 g/mol. The van der Waals surface area contributed by atoms with Gasteiger partial charge < -0.3 is 10.1 Å². The average molecular weight is 354 g/mol. The summed E-state index contributed by atoms with van der Waals surface area (Å²) in [6.45, 7) is -0.910. The molecule has 1 N–H and O–H groups in total. The SMILES string of the molecule is O=C(COC(=O)CN1C(=O)[C@@H]2[C@@H](C1=O)[C@H]1C=C[C@H]2C1)Nc1ccccc1. The second kappa shape index (κ2) is 6.40. The number of rotatable bonds is 5. The summed E-state index contributed by atoms with van der Waals surface area (Å²) in [5.41, 5.74) is 0.592. The molecule has 2 aliphatic carbocycles. The lowest BCUT2D eigenvalue weighted by atomic mass is 9.85. The quantitative estimate of drug-likeness (QED) is 0.483. The summed E-state index contributed by atoms with van der Waals surface area (Å²) in [6, 6.07) is 8.78. The van der Waals surface area contributed by atoms with Crippen LogP contribution < -0.4 is 5.32 Å². The molecule has 1 saturated heterocycles. The summed E-state index contributed by atoms with van der Waals surface area (Å²) >= 11 is 0. The minimum atomic E-state index is -0.768. The molecule has 26 heavy (non-hydrogen) atoms. The number of esters is 1. The molecule has 4 atom stereocenters.